The number of piperidine rings is 1. The highest BCUT2D eigenvalue weighted by molar-refractivity contribution is 5.75. The van der Waals surface area contributed by atoms with Gasteiger partial charge in [-0.3, -0.25) is 9.69 Å². The maximum Gasteiger partial charge on any atom is 0.323 e. The molecule has 1 radical (unpaired) electrons. The normalized spacial score (nSPS) is 24.3. The van der Waals surface area contributed by atoms with Gasteiger partial charge in [0, 0.05) is 0 Å². The van der Waals surface area contributed by atoms with Crippen LogP contribution in [0.15, 0.2) is 0 Å². The Hall–Kier alpha value is -0.570. The molecule has 0 amide bonds. The second kappa shape index (κ2) is 5.22. The Bertz CT molecular complexity index is 168. The number of ether oxygens (including phenoxy) is 1. The van der Waals surface area contributed by atoms with Gasteiger partial charge in [-0.2, -0.15) is 0 Å². The van der Waals surface area contributed by atoms with Crippen LogP contribution in [0.25, 0.3) is 0 Å². The van der Waals surface area contributed by atoms with Crippen LogP contribution in [0.3, 0.4) is 0 Å². The van der Waals surface area contributed by atoms with Gasteiger partial charge in [0.25, 0.3) is 0 Å². The number of rotatable bonds is 3. The highest BCUT2D eigenvalue weighted by Gasteiger charge is 2.28. The van der Waals surface area contributed by atoms with Gasteiger partial charge in [0.05, 0.1) is 7.11 Å². The van der Waals surface area contributed by atoms with Crippen molar-refractivity contribution in [3.63, 3.8) is 0 Å². The lowest BCUT2D eigenvalue weighted by atomic mass is 10.0. The molecule has 1 rings (SSSR count). The van der Waals surface area contributed by atoms with Gasteiger partial charge in [0.1, 0.15) is 6.04 Å². The number of carbonyl (C=O) groups is 1. The van der Waals surface area contributed by atoms with Gasteiger partial charge in [-0.15, -0.1) is 0 Å². The summed E-state index contributed by atoms with van der Waals surface area (Å²) in [6.07, 6.45) is 5.20. The Balaban J connectivity index is 2.50. The third kappa shape index (κ3) is 2.69. The molecule has 1 atom stereocenters. The van der Waals surface area contributed by atoms with Crippen molar-refractivity contribution in [1.29, 1.82) is 0 Å². The van der Waals surface area contributed by atoms with Crippen molar-refractivity contribution in [2.75, 3.05) is 20.2 Å². The quantitative estimate of drug-likeness (QED) is 0.618. The predicted molar refractivity (Wildman–Crippen MR) is 51.2 cm³/mol. The van der Waals surface area contributed by atoms with Crippen LogP contribution >= 0.6 is 0 Å². The second-order valence-electron chi connectivity index (χ2n) is 3.39. The minimum absolute atomic E-state index is 0.0290. The van der Waals surface area contributed by atoms with Crippen molar-refractivity contribution in [3.05, 3.63) is 6.42 Å². The van der Waals surface area contributed by atoms with Crippen LogP contribution in [0.2, 0.25) is 0 Å². The minimum Gasteiger partial charge on any atom is -0.468 e. The fourth-order valence-corrected chi connectivity index (χ4v) is 1.77. The molecule has 0 aliphatic carbocycles. The maximum absolute atomic E-state index is 11.4. The number of hydrogen-bond acceptors (Lipinski definition) is 3. The smallest absolute Gasteiger partial charge is 0.323 e. The number of hydrogen-bond donors (Lipinski definition) is 0. The maximum atomic E-state index is 11.4. The Labute approximate surface area is 80.1 Å². The molecule has 13 heavy (non-hydrogen) atoms. The highest BCUT2D eigenvalue weighted by atomic mass is 16.5. The molecule has 3 nitrogen and oxygen atoms in total. The van der Waals surface area contributed by atoms with Gasteiger partial charge in [0.2, 0.25) is 0 Å². The summed E-state index contributed by atoms with van der Waals surface area (Å²) >= 11 is 0. The first-order valence-corrected chi connectivity index (χ1v) is 4.93. The van der Waals surface area contributed by atoms with E-state index in [1.807, 2.05) is 0 Å². The molecule has 1 unspecified atom stereocenters. The topological polar surface area (TPSA) is 29.5 Å². The molecule has 1 fully saturated rings. The van der Waals surface area contributed by atoms with Crippen LogP contribution in [0, 0.1) is 6.42 Å². The standard InChI is InChI=1S/C10H18NO2/c1-3-7-11-8-5-4-6-9(11)10(12)13-2/h4,9H,3,5-8H2,1-2H3. The van der Waals surface area contributed by atoms with Crippen LogP contribution < -0.4 is 0 Å². The summed E-state index contributed by atoms with van der Waals surface area (Å²) in [5.41, 5.74) is 0. The monoisotopic (exact) mass is 184 g/mol. The van der Waals surface area contributed by atoms with E-state index >= 15 is 0 Å². The zero-order valence-electron chi connectivity index (χ0n) is 8.45. The Morgan fingerprint density at radius 1 is 1.69 bits per heavy atom. The van der Waals surface area contributed by atoms with Crippen molar-refractivity contribution < 1.29 is 9.53 Å². The van der Waals surface area contributed by atoms with Crippen LogP contribution in [0.1, 0.15) is 26.2 Å². The number of methoxy groups -OCH3 is 1. The number of carbonyl (C=O) groups excluding carboxylic acids is 1. The largest absolute Gasteiger partial charge is 0.468 e. The zero-order valence-corrected chi connectivity index (χ0v) is 8.45. The van der Waals surface area contributed by atoms with E-state index in [1.165, 1.54) is 7.11 Å². The molecule has 1 saturated heterocycles. The lowest BCUT2D eigenvalue weighted by Gasteiger charge is -2.33. The lowest BCUT2D eigenvalue weighted by molar-refractivity contribution is -0.147. The predicted octanol–water partition coefficient (Wildman–Crippen LogP) is 1.24. The average molecular weight is 184 g/mol. The first-order chi connectivity index (χ1) is 6.29. The molecule has 75 valence electrons. The third-order valence-electron chi connectivity index (χ3n) is 2.44. The Morgan fingerprint density at radius 3 is 3.08 bits per heavy atom. The fraction of sp³-hybridized carbons (Fsp3) is 0.800. The zero-order chi connectivity index (χ0) is 9.68. The average Bonchev–Trinajstić information content (AvgIpc) is 2.18. The fourth-order valence-electron chi connectivity index (χ4n) is 1.77. The first-order valence-electron chi connectivity index (χ1n) is 4.93. The van der Waals surface area contributed by atoms with Crippen LogP contribution in [-0.2, 0) is 9.53 Å². The van der Waals surface area contributed by atoms with E-state index in [9.17, 15) is 4.79 Å². The summed E-state index contributed by atoms with van der Waals surface area (Å²) in [6.45, 7) is 4.12. The van der Waals surface area contributed by atoms with E-state index in [-0.39, 0.29) is 12.0 Å². The molecule has 0 saturated carbocycles. The molecule has 1 aliphatic heterocycles. The van der Waals surface area contributed by atoms with Gasteiger partial charge in [-0.1, -0.05) is 6.92 Å². The van der Waals surface area contributed by atoms with Gasteiger partial charge >= 0.3 is 5.97 Å². The van der Waals surface area contributed by atoms with E-state index in [0.717, 1.165) is 32.4 Å². The summed E-state index contributed by atoms with van der Waals surface area (Å²) in [5.74, 6) is -0.0931. The minimum atomic E-state index is -0.0931. The third-order valence-corrected chi connectivity index (χ3v) is 2.44. The molecule has 0 spiro atoms. The van der Waals surface area contributed by atoms with Gasteiger partial charge < -0.3 is 4.74 Å². The molecule has 0 N–H and O–H groups in total. The van der Waals surface area contributed by atoms with Crippen molar-refractivity contribution in [1.82, 2.24) is 4.90 Å². The van der Waals surface area contributed by atoms with Gasteiger partial charge in [-0.25, -0.2) is 0 Å². The van der Waals surface area contributed by atoms with Crippen molar-refractivity contribution in [3.8, 4) is 0 Å². The van der Waals surface area contributed by atoms with Gasteiger partial charge in [-0.05, 0) is 38.8 Å². The van der Waals surface area contributed by atoms with Crippen molar-refractivity contribution in [2.24, 2.45) is 0 Å². The summed E-state index contributed by atoms with van der Waals surface area (Å²) < 4.78 is 4.77. The number of esters is 1. The van der Waals surface area contributed by atoms with E-state index in [2.05, 4.69) is 18.2 Å². The van der Waals surface area contributed by atoms with Crippen LogP contribution in [0.5, 0.6) is 0 Å². The molecule has 0 aromatic heterocycles. The Morgan fingerprint density at radius 2 is 2.46 bits per heavy atom. The number of likely N-dealkylation sites (tertiary alicyclic amines) is 1. The van der Waals surface area contributed by atoms with Crippen LogP contribution in [0.4, 0.5) is 0 Å². The molecule has 0 bridgehead atoms. The molecule has 0 aromatic carbocycles. The summed E-state index contributed by atoms with van der Waals surface area (Å²) in [6, 6.07) is -0.0290. The SMILES string of the molecule is CCCN1CC[CH]CC1C(=O)OC. The molecule has 1 aliphatic rings. The van der Waals surface area contributed by atoms with Gasteiger partial charge in [0.15, 0.2) is 0 Å². The summed E-state index contributed by atoms with van der Waals surface area (Å²) in [5, 5.41) is 0. The summed E-state index contributed by atoms with van der Waals surface area (Å²) in [4.78, 5) is 13.6. The molecule has 0 aromatic rings. The van der Waals surface area contributed by atoms with E-state index in [0.29, 0.717) is 0 Å². The van der Waals surface area contributed by atoms with E-state index < -0.39 is 0 Å². The van der Waals surface area contributed by atoms with E-state index in [4.69, 9.17) is 4.74 Å². The second-order valence-corrected chi connectivity index (χ2v) is 3.39. The highest BCUT2D eigenvalue weighted by Crippen LogP contribution is 2.17. The molecule has 1 heterocycles. The van der Waals surface area contributed by atoms with Crippen molar-refractivity contribution >= 4 is 5.97 Å². The molecule has 3 heteroatoms. The van der Waals surface area contributed by atoms with Crippen molar-refractivity contribution in [2.45, 2.75) is 32.2 Å². The molecular formula is C10H18NO2. The number of nitrogens with zero attached hydrogens (tertiary/aromatic N) is 1. The first kappa shape index (κ1) is 10.5. The van der Waals surface area contributed by atoms with Crippen LogP contribution in [-0.4, -0.2) is 37.1 Å². The molecular weight excluding hydrogens is 166 g/mol. The Kier molecular flexibility index (Phi) is 4.22. The van der Waals surface area contributed by atoms with E-state index in [1.54, 1.807) is 0 Å². The lowest BCUT2D eigenvalue weighted by Crippen LogP contribution is -2.45. The summed E-state index contributed by atoms with van der Waals surface area (Å²) in [7, 11) is 1.46.